The van der Waals surface area contributed by atoms with Gasteiger partial charge in [0.15, 0.2) is 0 Å². The summed E-state index contributed by atoms with van der Waals surface area (Å²) in [5.41, 5.74) is 1.40. The molecule has 23 heavy (non-hydrogen) atoms. The molecule has 6 heteroatoms. The van der Waals surface area contributed by atoms with Crippen LogP contribution in [0.25, 0.3) is 0 Å². The fraction of sp³-hybridized carbons (Fsp3) is 0.471. The summed E-state index contributed by atoms with van der Waals surface area (Å²) in [6, 6.07) is 10.5. The number of rotatable bonds is 4. The van der Waals surface area contributed by atoms with Crippen molar-refractivity contribution in [2.24, 2.45) is 13.0 Å². The maximum absolute atomic E-state index is 12.2. The molecule has 6 nitrogen and oxygen atoms in total. The summed E-state index contributed by atoms with van der Waals surface area (Å²) in [4.78, 5) is 18.1. The number of urea groups is 1. The summed E-state index contributed by atoms with van der Waals surface area (Å²) in [6.07, 6.45) is 5.89. The molecule has 1 N–H and O–H groups in total. The van der Waals surface area contributed by atoms with Gasteiger partial charge in [0.05, 0.1) is 0 Å². The summed E-state index contributed by atoms with van der Waals surface area (Å²) in [6.45, 7) is 1.62. The summed E-state index contributed by atoms with van der Waals surface area (Å²) < 4.78 is 1.56. The second kappa shape index (κ2) is 7.26. The van der Waals surface area contributed by atoms with Gasteiger partial charge < -0.3 is 4.90 Å². The third-order valence-corrected chi connectivity index (χ3v) is 4.52. The number of aryl methyl sites for hydroxylation is 2. The Morgan fingerprint density at radius 3 is 2.65 bits per heavy atom. The standard InChI is InChI=1S/C17H23N5O/c1-21-16(18-13-19-21)20-17(23)22-11-9-15(10-12-22)8-7-14-5-3-2-4-6-14/h2-6,13,15H,7-12H2,1H3,(H,18,19,20,23). The number of hydrogen-bond donors (Lipinski definition) is 1. The largest absolute Gasteiger partial charge is 0.324 e. The molecule has 1 aliphatic rings. The molecule has 0 aliphatic carbocycles. The van der Waals surface area contributed by atoms with Crippen LogP contribution in [0, 0.1) is 5.92 Å². The monoisotopic (exact) mass is 313 g/mol. The van der Waals surface area contributed by atoms with Crippen molar-refractivity contribution in [3.8, 4) is 0 Å². The van der Waals surface area contributed by atoms with E-state index in [0.29, 0.717) is 11.9 Å². The first-order chi connectivity index (χ1) is 11.2. The highest BCUT2D eigenvalue weighted by Crippen LogP contribution is 2.22. The van der Waals surface area contributed by atoms with Crippen molar-refractivity contribution >= 4 is 12.0 Å². The lowest BCUT2D eigenvalue weighted by Gasteiger charge is -2.31. The first kappa shape index (κ1) is 15.5. The number of amides is 2. The van der Waals surface area contributed by atoms with E-state index < -0.39 is 0 Å². The molecule has 2 heterocycles. The van der Waals surface area contributed by atoms with Crippen LogP contribution in [-0.4, -0.2) is 38.8 Å². The number of piperidine rings is 1. The average molecular weight is 313 g/mol. The van der Waals surface area contributed by atoms with E-state index in [1.54, 1.807) is 11.7 Å². The molecule has 0 atom stereocenters. The van der Waals surface area contributed by atoms with E-state index in [0.717, 1.165) is 32.4 Å². The fourth-order valence-electron chi connectivity index (χ4n) is 3.02. The highest BCUT2D eigenvalue weighted by molar-refractivity contribution is 5.87. The number of likely N-dealkylation sites (tertiary alicyclic amines) is 1. The second-order valence-corrected chi connectivity index (χ2v) is 6.09. The summed E-state index contributed by atoms with van der Waals surface area (Å²) in [7, 11) is 1.76. The van der Waals surface area contributed by atoms with E-state index in [1.807, 2.05) is 4.90 Å². The predicted molar refractivity (Wildman–Crippen MR) is 89.1 cm³/mol. The van der Waals surface area contributed by atoms with Crippen LogP contribution in [0.15, 0.2) is 36.7 Å². The van der Waals surface area contributed by atoms with Gasteiger partial charge in [0.25, 0.3) is 0 Å². The van der Waals surface area contributed by atoms with Gasteiger partial charge in [-0.05, 0) is 37.2 Å². The summed E-state index contributed by atoms with van der Waals surface area (Å²) >= 11 is 0. The van der Waals surface area contributed by atoms with E-state index in [4.69, 9.17) is 0 Å². The van der Waals surface area contributed by atoms with Crippen LogP contribution in [0.5, 0.6) is 0 Å². The van der Waals surface area contributed by atoms with Crippen LogP contribution in [0.2, 0.25) is 0 Å². The Hall–Kier alpha value is -2.37. The van der Waals surface area contributed by atoms with E-state index in [-0.39, 0.29) is 6.03 Å². The Labute approximate surface area is 136 Å². The number of nitrogens with zero attached hydrogens (tertiary/aromatic N) is 4. The maximum Gasteiger partial charge on any atom is 0.324 e. The minimum absolute atomic E-state index is 0.0809. The van der Waals surface area contributed by atoms with Crippen molar-refractivity contribution in [3.63, 3.8) is 0 Å². The number of carbonyl (C=O) groups is 1. The molecule has 0 radical (unpaired) electrons. The zero-order valence-electron chi connectivity index (χ0n) is 13.5. The van der Waals surface area contributed by atoms with Crippen LogP contribution in [0.3, 0.4) is 0 Å². The highest BCUT2D eigenvalue weighted by Gasteiger charge is 2.23. The Kier molecular flexibility index (Phi) is 4.90. The van der Waals surface area contributed by atoms with Gasteiger partial charge in [0.1, 0.15) is 6.33 Å². The topological polar surface area (TPSA) is 63.1 Å². The van der Waals surface area contributed by atoms with Crippen LogP contribution >= 0.6 is 0 Å². The van der Waals surface area contributed by atoms with Gasteiger partial charge in [-0.3, -0.25) is 5.32 Å². The van der Waals surface area contributed by atoms with Crippen LogP contribution in [0.4, 0.5) is 10.7 Å². The summed E-state index contributed by atoms with van der Waals surface area (Å²) in [5, 5.41) is 6.76. The van der Waals surface area contributed by atoms with Crippen LogP contribution in [0.1, 0.15) is 24.8 Å². The number of anilines is 1. The quantitative estimate of drug-likeness (QED) is 0.944. The van der Waals surface area contributed by atoms with Crippen molar-refractivity contribution in [3.05, 3.63) is 42.2 Å². The lowest BCUT2D eigenvalue weighted by Crippen LogP contribution is -2.41. The Morgan fingerprint density at radius 1 is 1.26 bits per heavy atom. The van der Waals surface area contributed by atoms with Gasteiger partial charge in [-0.15, -0.1) is 0 Å². The number of nitrogens with one attached hydrogen (secondary N) is 1. The number of aromatic nitrogens is 3. The predicted octanol–water partition coefficient (Wildman–Crippen LogP) is 2.69. The number of benzene rings is 1. The lowest BCUT2D eigenvalue weighted by atomic mass is 9.91. The molecule has 1 aliphatic heterocycles. The Balaban J connectivity index is 1.43. The first-order valence-electron chi connectivity index (χ1n) is 8.16. The molecule has 0 bridgehead atoms. The van der Waals surface area contributed by atoms with Gasteiger partial charge in [0.2, 0.25) is 5.95 Å². The molecule has 3 rings (SSSR count). The maximum atomic E-state index is 12.2. The lowest BCUT2D eigenvalue weighted by molar-refractivity contribution is 0.180. The van der Waals surface area contributed by atoms with Crippen molar-refractivity contribution < 1.29 is 4.79 Å². The zero-order chi connectivity index (χ0) is 16.1. The van der Waals surface area contributed by atoms with E-state index in [9.17, 15) is 4.79 Å². The molecule has 2 amide bonds. The molecule has 122 valence electrons. The average Bonchev–Trinajstić information content (AvgIpc) is 2.99. The fourth-order valence-corrected chi connectivity index (χ4v) is 3.02. The molecule has 1 aromatic heterocycles. The van der Waals surface area contributed by atoms with E-state index in [2.05, 4.69) is 45.7 Å². The molecular formula is C17H23N5O. The van der Waals surface area contributed by atoms with Crippen molar-refractivity contribution in [2.75, 3.05) is 18.4 Å². The Bertz CT molecular complexity index is 631. The van der Waals surface area contributed by atoms with Crippen molar-refractivity contribution in [2.45, 2.75) is 25.7 Å². The molecular weight excluding hydrogens is 290 g/mol. The van der Waals surface area contributed by atoms with Gasteiger partial charge in [-0.25, -0.2) is 9.48 Å². The third-order valence-electron chi connectivity index (χ3n) is 4.52. The minimum atomic E-state index is -0.0809. The first-order valence-corrected chi connectivity index (χ1v) is 8.16. The molecule has 1 fully saturated rings. The SMILES string of the molecule is Cn1ncnc1NC(=O)N1CCC(CCc2ccccc2)CC1. The van der Waals surface area contributed by atoms with Crippen LogP contribution < -0.4 is 5.32 Å². The van der Waals surface area contributed by atoms with Crippen molar-refractivity contribution in [1.82, 2.24) is 19.7 Å². The normalized spacial score (nSPS) is 15.6. The second-order valence-electron chi connectivity index (χ2n) is 6.09. The third kappa shape index (κ3) is 4.09. The minimum Gasteiger partial charge on any atom is -0.324 e. The molecule has 0 unspecified atom stereocenters. The molecule has 1 aromatic carbocycles. The molecule has 1 saturated heterocycles. The van der Waals surface area contributed by atoms with Gasteiger partial charge in [-0.1, -0.05) is 30.3 Å². The molecule has 0 saturated carbocycles. The number of carbonyl (C=O) groups excluding carboxylic acids is 1. The van der Waals surface area contributed by atoms with Crippen molar-refractivity contribution in [1.29, 1.82) is 0 Å². The van der Waals surface area contributed by atoms with E-state index >= 15 is 0 Å². The van der Waals surface area contributed by atoms with Gasteiger partial charge in [-0.2, -0.15) is 10.1 Å². The van der Waals surface area contributed by atoms with Gasteiger partial charge >= 0.3 is 6.03 Å². The van der Waals surface area contributed by atoms with E-state index in [1.165, 1.54) is 18.3 Å². The smallest absolute Gasteiger partial charge is 0.324 e. The van der Waals surface area contributed by atoms with Crippen LogP contribution in [-0.2, 0) is 13.5 Å². The molecule has 2 aromatic rings. The Morgan fingerprint density at radius 2 is 2.00 bits per heavy atom. The van der Waals surface area contributed by atoms with Gasteiger partial charge in [0, 0.05) is 20.1 Å². The molecule has 0 spiro atoms. The summed E-state index contributed by atoms with van der Waals surface area (Å²) in [5.74, 6) is 1.19. The number of hydrogen-bond acceptors (Lipinski definition) is 3. The zero-order valence-corrected chi connectivity index (χ0v) is 13.5. The highest BCUT2D eigenvalue weighted by atomic mass is 16.2.